The van der Waals surface area contributed by atoms with Gasteiger partial charge in [0.25, 0.3) is 0 Å². The van der Waals surface area contributed by atoms with Crippen molar-refractivity contribution in [2.75, 3.05) is 14.2 Å². The van der Waals surface area contributed by atoms with Crippen molar-refractivity contribution in [1.82, 2.24) is 0 Å². The van der Waals surface area contributed by atoms with Gasteiger partial charge in [-0.15, -0.1) is 4.84 Å². The molecule has 4 nitrogen and oxygen atoms in total. The molecular weight excluding hydrogens is 106 g/mol. The SMILES string of the molecule is C=N[N+](C)(N=C)OC. The van der Waals surface area contributed by atoms with Gasteiger partial charge in [-0.05, 0) is 10.2 Å². The maximum Gasteiger partial charge on any atom is 0.154 e. The van der Waals surface area contributed by atoms with Crippen molar-refractivity contribution < 1.29 is 9.70 Å². The maximum absolute atomic E-state index is 4.72. The molecule has 0 radical (unpaired) electrons. The highest BCUT2D eigenvalue weighted by molar-refractivity contribution is 5.22. The summed E-state index contributed by atoms with van der Waals surface area (Å²) in [6.07, 6.45) is 0. The molecule has 0 aliphatic carbocycles. The highest BCUT2D eigenvalue weighted by Gasteiger charge is 2.15. The fourth-order valence-electron chi connectivity index (χ4n) is 0.160. The number of rotatable bonds is 3. The van der Waals surface area contributed by atoms with E-state index in [1.165, 1.54) is 7.11 Å². The van der Waals surface area contributed by atoms with Crippen molar-refractivity contribution in [2.45, 2.75) is 0 Å². The lowest BCUT2D eigenvalue weighted by molar-refractivity contribution is -1.10. The van der Waals surface area contributed by atoms with Crippen LogP contribution >= 0.6 is 0 Å². The van der Waals surface area contributed by atoms with Crippen LogP contribution in [-0.4, -0.2) is 32.5 Å². The van der Waals surface area contributed by atoms with Crippen LogP contribution in [0.15, 0.2) is 10.2 Å². The molecule has 4 heteroatoms. The van der Waals surface area contributed by atoms with Gasteiger partial charge in [0, 0.05) is 0 Å². The van der Waals surface area contributed by atoms with E-state index in [2.05, 4.69) is 23.6 Å². The van der Waals surface area contributed by atoms with E-state index in [0.717, 1.165) is 0 Å². The molecule has 0 aliphatic heterocycles. The Morgan fingerprint density at radius 2 is 1.75 bits per heavy atom. The summed E-state index contributed by atoms with van der Waals surface area (Å²) in [5, 5.41) is 6.99. The number of hydrogen-bond acceptors (Lipinski definition) is 3. The molecule has 0 aliphatic rings. The number of nitrogens with zero attached hydrogens (tertiary/aromatic N) is 3. The molecule has 0 amide bonds. The third kappa shape index (κ3) is 1.40. The summed E-state index contributed by atoms with van der Waals surface area (Å²) in [5.74, 6) is 0. The van der Waals surface area contributed by atoms with E-state index < -0.39 is 0 Å². The van der Waals surface area contributed by atoms with Gasteiger partial charge in [0.1, 0.15) is 7.11 Å². The summed E-state index contributed by atoms with van der Waals surface area (Å²) in [4.78, 5) is 4.45. The predicted octanol–water partition coefficient (Wildman–Crippen LogP) is 0.226. The standard InChI is InChI=1S/C4H10N3O/c1-5-7(3,6-2)8-4/h1-2H2,3-4H3/q+1. The van der Waals surface area contributed by atoms with Crippen LogP contribution < -0.4 is 0 Å². The quantitative estimate of drug-likeness (QED) is 0.295. The Bertz CT molecular complexity index is 93.5. The molecule has 0 bridgehead atoms. The van der Waals surface area contributed by atoms with Gasteiger partial charge in [0.15, 0.2) is 7.05 Å². The first-order valence-corrected chi connectivity index (χ1v) is 2.07. The highest BCUT2D eigenvalue weighted by Crippen LogP contribution is 2.00. The van der Waals surface area contributed by atoms with E-state index in [4.69, 9.17) is 4.84 Å². The molecule has 8 heavy (non-hydrogen) atoms. The fourth-order valence-corrected chi connectivity index (χ4v) is 0.160. The lowest BCUT2D eigenvalue weighted by atomic mass is 11.3. The van der Waals surface area contributed by atoms with Crippen molar-refractivity contribution in [1.29, 1.82) is 0 Å². The summed E-state index contributed by atoms with van der Waals surface area (Å²) >= 11 is 0. The Kier molecular flexibility index (Phi) is 2.30. The topological polar surface area (TPSA) is 34.0 Å². The lowest BCUT2D eigenvalue weighted by Gasteiger charge is -2.12. The molecule has 0 spiro atoms. The summed E-state index contributed by atoms with van der Waals surface area (Å²) in [6, 6.07) is 0. The fraction of sp³-hybridized carbons (Fsp3) is 0.500. The molecule has 0 fully saturated rings. The zero-order chi connectivity index (χ0) is 6.62. The van der Waals surface area contributed by atoms with Crippen LogP contribution in [-0.2, 0) is 4.84 Å². The Labute approximate surface area is 48.6 Å². The Morgan fingerprint density at radius 3 is 1.75 bits per heavy atom. The van der Waals surface area contributed by atoms with Crippen molar-refractivity contribution in [3.8, 4) is 0 Å². The van der Waals surface area contributed by atoms with Crippen molar-refractivity contribution in [3.05, 3.63) is 0 Å². The zero-order valence-electron chi connectivity index (χ0n) is 5.16. The van der Waals surface area contributed by atoms with E-state index in [1.807, 2.05) is 0 Å². The van der Waals surface area contributed by atoms with Crippen molar-refractivity contribution in [2.24, 2.45) is 10.2 Å². The number of quaternary nitrogens is 1. The van der Waals surface area contributed by atoms with Crippen molar-refractivity contribution >= 4 is 13.4 Å². The Hall–Kier alpha value is -0.740. The van der Waals surface area contributed by atoms with Crippen LogP contribution in [0, 0.1) is 0 Å². The lowest BCUT2D eigenvalue weighted by Crippen LogP contribution is -2.29. The molecule has 0 aromatic rings. The van der Waals surface area contributed by atoms with Gasteiger partial charge >= 0.3 is 0 Å². The summed E-state index contributed by atoms with van der Waals surface area (Å²) in [7, 11) is 3.09. The van der Waals surface area contributed by atoms with E-state index >= 15 is 0 Å². The highest BCUT2D eigenvalue weighted by atomic mass is 16.8. The average Bonchev–Trinajstić information content (AvgIpc) is 1.87. The van der Waals surface area contributed by atoms with Gasteiger partial charge in [-0.2, -0.15) is 0 Å². The van der Waals surface area contributed by atoms with Gasteiger partial charge in [-0.1, -0.05) is 0 Å². The molecular formula is C4H10N3O+. The maximum atomic E-state index is 4.72. The number of hydroxylamine groups is 1. The van der Waals surface area contributed by atoms with Crippen molar-refractivity contribution in [3.63, 3.8) is 0 Å². The van der Waals surface area contributed by atoms with Gasteiger partial charge in [-0.25, -0.2) is 0 Å². The zero-order valence-corrected chi connectivity index (χ0v) is 5.16. The Balaban J connectivity index is 3.96. The minimum absolute atomic E-state index is 0.264. The van der Waals surface area contributed by atoms with Crippen LogP contribution in [0.2, 0.25) is 0 Å². The summed E-state index contributed by atoms with van der Waals surface area (Å²) in [6.45, 7) is 6.48. The second-order valence-electron chi connectivity index (χ2n) is 1.30. The van der Waals surface area contributed by atoms with Gasteiger partial charge < -0.3 is 0 Å². The average molecular weight is 116 g/mol. The van der Waals surface area contributed by atoms with Crippen LogP contribution in [0.3, 0.4) is 0 Å². The molecule has 0 saturated heterocycles. The van der Waals surface area contributed by atoms with Crippen LogP contribution in [0.25, 0.3) is 0 Å². The normalized spacial score (nSPS) is 10.8. The van der Waals surface area contributed by atoms with E-state index in [-0.39, 0.29) is 4.86 Å². The van der Waals surface area contributed by atoms with Crippen LogP contribution in [0.4, 0.5) is 0 Å². The van der Waals surface area contributed by atoms with Gasteiger partial charge in [-0.3, -0.25) is 0 Å². The molecule has 0 aromatic carbocycles. The Morgan fingerprint density at radius 1 is 1.38 bits per heavy atom. The summed E-state index contributed by atoms with van der Waals surface area (Å²) < 4.78 is 0. The molecule has 0 atom stereocenters. The summed E-state index contributed by atoms with van der Waals surface area (Å²) in [5.41, 5.74) is 0. The predicted molar refractivity (Wildman–Crippen MR) is 32.3 cm³/mol. The second kappa shape index (κ2) is 2.54. The van der Waals surface area contributed by atoms with E-state index in [1.54, 1.807) is 7.05 Å². The van der Waals surface area contributed by atoms with E-state index in [0.29, 0.717) is 0 Å². The first-order valence-electron chi connectivity index (χ1n) is 2.07. The molecule has 0 aromatic heterocycles. The van der Waals surface area contributed by atoms with Crippen LogP contribution in [0.5, 0.6) is 0 Å². The monoisotopic (exact) mass is 116 g/mol. The van der Waals surface area contributed by atoms with E-state index in [9.17, 15) is 0 Å². The largest absolute Gasteiger partial charge is 0.154 e. The van der Waals surface area contributed by atoms with Gasteiger partial charge in [0.2, 0.25) is 0 Å². The second-order valence-corrected chi connectivity index (χ2v) is 1.30. The molecule has 0 saturated carbocycles. The molecule has 46 valence electrons. The minimum atomic E-state index is -0.264. The third-order valence-electron chi connectivity index (χ3n) is 0.871. The van der Waals surface area contributed by atoms with Gasteiger partial charge in [0.05, 0.1) is 18.3 Å². The first-order chi connectivity index (χ1) is 3.68. The first kappa shape index (κ1) is 7.26. The smallest absolute Gasteiger partial charge is 0.149 e. The number of hydrogen-bond donors (Lipinski definition) is 0. The molecule has 0 heterocycles. The minimum Gasteiger partial charge on any atom is -0.149 e. The third-order valence-corrected chi connectivity index (χ3v) is 0.871. The van der Waals surface area contributed by atoms with Crippen LogP contribution in [0.1, 0.15) is 0 Å². The molecule has 0 rings (SSSR count). The molecule has 0 unspecified atom stereocenters. The molecule has 0 N–H and O–H groups in total.